The number of ether oxygens (including phenoxy) is 1. The third-order valence-corrected chi connectivity index (χ3v) is 4.39. The molecule has 0 radical (unpaired) electrons. The van der Waals surface area contributed by atoms with Gasteiger partial charge in [-0.2, -0.15) is 0 Å². The fourth-order valence-corrected chi connectivity index (χ4v) is 3.18. The second-order valence-electron chi connectivity index (χ2n) is 4.75. The molecule has 0 spiro atoms. The van der Waals surface area contributed by atoms with Crippen LogP contribution in [0.1, 0.15) is 5.01 Å². The molecule has 2 heterocycles. The van der Waals surface area contributed by atoms with Crippen molar-refractivity contribution in [1.82, 2.24) is 10.2 Å². The van der Waals surface area contributed by atoms with E-state index in [2.05, 4.69) is 32.1 Å². The Morgan fingerprint density at radius 1 is 1.05 bits per heavy atom. The van der Waals surface area contributed by atoms with E-state index < -0.39 is 0 Å². The molecule has 0 atom stereocenters. The highest BCUT2D eigenvalue weighted by atomic mass is 32.1. The number of hydrogen-bond acceptors (Lipinski definition) is 6. The van der Waals surface area contributed by atoms with Crippen molar-refractivity contribution in [2.45, 2.75) is 6.92 Å². The van der Waals surface area contributed by atoms with Crippen molar-refractivity contribution in [2.24, 2.45) is 0 Å². The number of aryl methyl sites for hydroxylation is 1. The number of benzene rings is 1. The van der Waals surface area contributed by atoms with Crippen LogP contribution in [0.15, 0.2) is 24.3 Å². The summed E-state index contributed by atoms with van der Waals surface area (Å²) in [4.78, 5) is 4.67. The van der Waals surface area contributed by atoms with Crippen LogP contribution in [0.4, 0.5) is 10.8 Å². The van der Waals surface area contributed by atoms with Crippen molar-refractivity contribution >= 4 is 22.2 Å². The summed E-state index contributed by atoms with van der Waals surface area (Å²) in [5, 5.41) is 10.4. The number of hydrogen-bond donors (Lipinski definition) is 0. The second-order valence-corrected chi connectivity index (χ2v) is 5.91. The number of nitrogens with zero attached hydrogens (tertiary/aromatic N) is 4. The van der Waals surface area contributed by atoms with Crippen molar-refractivity contribution in [3.05, 3.63) is 29.3 Å². The Balaban J connectivity index is 1.69. The van der Waals surface area contributed by atoms with Crippen LogP contribution in [-0.4, -0.2) is 43.5 Å². The summed E-state index contributed by atoms with van der Waals surface area (Å²) in [5.74, 6) is 0.938. The van der Waals surface area contributed by atoms with Gasteiger partial charge in [-0.3, -0.25) is 0 Å². The predicted octanol–water partition coefficient (Wildman–Crippen LogP) is 2.18. The lowest BCUT2D eigenvalue weighted by atomic mass is 10.2. The first-order valence-corrected chi connectivity index (χ1v) is 7.52. The van der Waals surface area contributed by atoms with Gasteiger partial charge in [0.15, 0.2) is 0 Å². The van der Waals surface area contributed by atoms with Gasteiger partial charge >= 0.3 is 0 Å². The molecule has 1 aromatic carbocycles. The van der Waals surface area contributed by atoms with Crippen LogP contribution in [0.3, 0.4) is 0 Å². The van der Waals surface area contributed by atoms with Gasteiger partial charge in [0.05, 0.1) is 12.8 Å². The maximum atomic E-state index is 5.44. The summed E-state index contributed by atoms with van der Waals surface area (Å²) in [6.07, 6.45) is 0. The van der Waals surface area contributed by atoms with Crippen LogP contribution in [0, 0.1) is 6.92 Å². The molecule has 0 bridgehead atoms. The Kier molecular flexibility index (Phi) is 3.73. The lowest BCUT2D eigenvalue weighted by Crippen LogP contribution is -2.46. The minimum absolute atomic E-state index is 0.938. The fraction of sp³-hybridized carbons (Fsp3) is 0.429. The van der Waals surface area contributed by atoms with Crippen molar-refractivity contribution in [2.75, 3.05) is 43.1 Å². The van der Waals surface area contributed by atoms with Gasteiger partial charge in [-0.15, -0.1) is 10.2 Å². The maximum Gasteiger partial charge on any atom is 0.208 e. The van der Waals surface area contributed by atoms with Crippen LogP contribution in [0.25, 0.3) is 0 Å². The van der Waals surface area contributed by atoms with Gasteiger partial charge in [-0.25, -0.2) is 0 Å². The molecule has 0 saturated carbocycles. The van der Waals surface area contributed by atoms with Crippen molar-refractivity contribution in [3.8, 4) is 5.75 Å². The summed E-state index contributed by atoms with van der Waals surface area (Å²) in [6, 6.07) is 8.18. The first-order chi connectivity index (χ1) is 9.78. The van der Waals surface area contributed by atoms with E-state index in [9.17, 15) is 0 Å². The fourth-order valence-electron chi connectivity index (χ4n) is 2.44. The molecule has 1 aromatic heterocycles. The van der Waals surface area contributed by atoms with E-state index >= 15 is 0 Å². The summed E-state index contributed by atoms with van der Waals surface area (Å²) in [7, 11) is 1.72. The highest BCUT2D eigenvalue weighted by Gasteiger charge is 2.21. The molecular weight excluding hydrogens is 272 g/mol. The maximum absolute atomic E-state index is 5.44. The Morgan fingerprint density at radius 3 is 2.40 bits per heavy atom. The molecule has 0 unspecified atom stereocenters. The number of anilines is 2. The molecule has 106 valence electrons. The van der Waals surface area contributed by atoms with E-state index in [1.54, 1.807) is 18.4 Å². The molecule has 2 aromatic rings. The van der Waals surface area contributed by atoms with Gasteiger partial charge in [-0.05, 0) is 19.1 Å². The summed E-state index contributed by atoms with van der Waals surface area (Å²) >= 11 is 1.66. The van der Waals surface area contributed by atoms with Gasteiger partial charge in [0.2, 0.25) is 5.13 Å². The summed E-state index contributed by atoms with van der Waals surface area (Å²) in [5.41, 5.74) is 1.17. The molecule has 0 aliphatic carbocycles. The average molecular weight is 290 g/mol. The lowest BCUT2D eigenvalue weighted by molar-refractivity contribution is 0.413. The van der Waals surface area contributed by atoms with Crippen molar-refractivity contribution < 1.29 is 4.74 Å². The zero-order valence-electron chi connectivity index (χ0n) is 11.7. The lowest BCUT2D eigenvalue weighted by Gasteiger charge is -2.36. The summed E-state index contributed by atoms with van der Waals surface area (Å²) in [6.45, 7) is 5.86. The van der Waals surface area contributed by atoms with Gasteiger partial charge in [0, 0.05) is 26.2 Å². The third-order valence-electron chi connectivity index (χ3n) is 3.49. The van der Waals surface area contributed by atoms with Crippen molar-refractivity contribution in [3.63, 3.8) is 0 Å². The van der Waals surface area contributed by atoms with Crippen LogP contribution >= 0.6 is 11.3 Å². The van der Waals surface area contributed by atoms with E-state index in [0.29, 0.717) is 0 Å². The van der Waals surface area contributed by atoms with Gasteiger partial charge in [-0.1, -0.05) is 23.5 Å². The van der Waals surface area contributed by atoms with Gasteiger partial charge in [0.25, 0.3) is 0 Å². The minimum atomic E-state index is 0.938. The third kappa shape index (κ3) is 2.56. The Bertz CT molecular complexity index is 578. The van der Waals surface area contributed by atoms with E-state index in [0.717, 1.165) is 42.1 Å². The first kappa shape index (κ1) is 13.2. The Morgan fingerprint density at radius 2 is 1.75 bits per heavy atom. The topological polar surface area (TPSA) is 41.5 Å². The average Bonchev–Trinajstić information content (AvgIpc) is 2.94. The quantitative estimate of drug-likeness (QED) is 0.866. The second kappa shape index (κ2) is 5.66. The minimum Gasteiger partial charge on any atom is -0.495 e. The zero-order valence-corrected chi connectivity index (χ0v) is 12.6. The molecule has 0 N–H and O–H groups in total. The van der Waals surface area contributed by atoms with Gasteiger partial charge in [0.1, 0.15) is 10.8 Å². The molecule has 6 heteroatoms. The molecule has 1 aliphatic heterocycles. The molecule has 20 heavy (non-hydrogen) atoms. The highest BCUT2D eigenvalue weighted by molar-refractivity contribution is 7.15. The van der Waals surface area contributed by atoms with E-state index in [1.807, 2.05) is 19.1 Å². The molecule has 1 fully saturated rings. The van der Waals surface area contributed by atoms with Crippen LogP contribution < -0.4 is 14.5 Å². The monoisotopic (exact) mass is 290 g/mol. The largest absolute Gasteiger partial charge is 0.495 e. The zero-order chi connectivity index (χ0) is 13.9. The molecule has 1 aliphatic rings. The van der Waals surface area contributed by atoms with Crippen LogP contribution in [0.5, 0.6) is 5.75 Å². The standard InChI is InChI=1S/C14H18N4OS/c1-11-15-16-14(20-11)18-9-7-17(8-10-18)12-5-3-4-6-13(12)19-2/h3-6H,7-10H2,1-2H3. The first-order valence-electron chi connectivity index (χ1n) is 6.71. The SMILES string of the molecule is COc1ccccc1N1CCN(c2nnc(C)s2)CC1. The van der Waals surface area contributed by atoms with E-state index in [1.165, 1.54) is 5.69 Å². The smallest absolute Gasteiger partial charge is 0.208 e. The van der Waals surface area contributed by atoms with Crippen LogP contribution in [-0.2, 0) is 0 Å². The highest BCUT2D eigenvalue weighted by Crippen LogP contribution is 2.29. The van der Waals surface area contributed by atoms with Crippen LogP contribution in [0.2, 0.25) is 0 Å². The molecular formula is C14H18N4OS. The molecule has 3 rings (SSSR count). The number of rotatable bonds is 3. The van der Waals surface area contributed by atoms with Crippen molar-refractivity contribution in [1.29, 1.82) is 0 Å². The number of methoxy groups -OCH3 is 1. The Labute approximate surface area is 122 Å². The Hall–Kier alpha value is -1.82. The van der Waals surface area contributed by atoms with E-state index in [-0.39, 0.29) is 0 Å². The number of piperazine rings is 1. The molecule has 5 nitrogen and oxygen atoms in total. The van der Waals surface area contributed by atoms with E-state index in [4.69, 9.17) is 4.74 Å². The number of para-hydroxylation sites is 2. The molecule has 1 saturated heterocycles. The molecule has 0 amide bonds. The normalized spacial score (nSPS) is 15.5. The predicted molar refractivity (Wildman–Crippen MR) is 82.1 cm³/mol. The number of aromatic nitrogens is 2. The van der Waals surface area contributed by atoms with Gasteiger partial charge < -0.3 is 14.5 Å². The summed E-state index contributed by atoms with van der Waals surface area (Å²) < 4.78 is 5.44.